The molecule has 6 nitrogen and oxygen atoms in total. The first-order valence-corrected chi connectivity index (χ1v) is 17.6. The minimum atomic E-state index is -2.12. The normalized spacial score (nSPS) is 10.8. The van der Waals surface area contributed by atoms with Crippen molar-refractivity contribution in [3.63, 3.8) is 0 Å². The lowest BCUT2D eigenvalue weighted by Gasteiger charge is -2.16. The van der Waals surface area contributed by atoms with Crippen LogP contribution < -0.4 is 24.4 Å². The third kappa shape index (κ3) is 16.8. The van der Waals surface area contributed by atoms with Crippen LogP contribution in [0.5, 0.6) is 23.0 Å². The lowest BCUT2D eigenvalue weighted by atomic mass is 9.79. The predicted octanol–water partition coefficient (Wildman–Crippen LogP) is 9.45. The Balaban J connectivity index is 0.000000474. The van der Waals surface area contributed by atoms with Gasteiger partial charge in [-0.2, -0.15) is 0 Å². The van der Waals surface area contributed by atoms with Crippen molar-refractivity contribution >= 4 is 12.6 Å². The van der Waals surface area contributed by atoms with Crippen molar-refractivity contribution in [3.05, 3.63) is 41.5 Å². The number of ether oxygens (including phenoxy) is 4. The average Bonchev–Trinajstić information content (AvgIpc) is 3.05. The molecule has 2 aromatic carbocycles. The number of unbranched alkanes of at least 4 members (excludes halogenated alkanes) is 12. The van der Waals surface area contributed by atoms with Gasteiger partial charge in [-0.3, -0.25) is 0 Å². The molecule has 2 aromatic rings. The quantitative estimate of drug-likeness (QED) is 0.0622. The van der Waals surface area contributed by atoms with Gasteiger partial charge in [0.1, 0.15) is 0 Å². The topological polar surface area (TPSA) is 77.4 Å². The van der Waals surface area contributed by atoms with Gasteiger partial charge >= 0.3 is 7.12 Å². The van der Waals surface area contributed by atoms with Crippen LogP contribution in [0.3, 0.4) is 0 Å². The molecule has 0 heterocycles. The van der Waals surface area contributed by atoms with Gasteiger partial charge in [0.05, 0.1) is 26.4 Å². The summed E-state index contributed by atoms with van der Waals surface area (Å²) in [6.45, 7) is 9.64. The third-order valence-corrected chi connectivity index (χ3v) is 7.43. The molecule has 0 aromatic heterocycles. The van der Waals surface area contributed by atoms with E-state index >= 15 is 0 Å². The van der Waals surface area contributed by atoms with Crippen molar-refractivity contribution in [1.82, 2.24) is 0 Å². The molecule has 0 bridgehead atoms. The Kier molecular flexibility index (Phi) is 23.7. The summed E-state index contributed by atoms with van der Waals surface area (Å²) >= 11 is 0. The van der Waals surface area contributed by atoms with Crippen LogP contribution in [0.2, 0.25) is 0 Å². The molecule has 11 heteroatoms. The Hall–Kier alpha value is -2.66. The van der Waals surface area contributed by atoms with Gasteiger partial charge in [-0.15, -0.1) is 0 Å². The third-order valence-electron chi connectivity index (χ3n) is 7.43. The molecule has 2 N–H and O–H groups in total. The smallest absolute Gasteiger partial charge is 0.487 e. The highest BCUT2D eigenvalue weighted by Gasteiger charge is 2.27. The van der Waals surface area contributed by atoms with Gasteiger partial charge in [-0.1, -0.05) is 105 Å². The molecule has 0 saturated heterocycles. The summed E-state index contributed by atoms with van der Waals surface area (Å²) in [4.78, 5) is 0. The molecule has 0 aliphatic carbocycles. The van der Waals surface area contributed by atoms with E-state index in [-0.39, 0.29) is 36.2 Å². The molecular formula is C36H57BF4O6. The lowest BCUT2D eigenvalue weighted by molar-refractivity contribution is 0.239. The minimum Gasteiger partial charge on any atom is -0.487 e. The molecule has 0 fully saturated rings. The van der Waals surface area contributed by atoms with Gasteiger partial charge in [-0.25, -0.2) is 17.6 Å². The zero-order valence-corrected chi connectivity index (χ0v) is 29.0. The number of hydrogen-bond acceptors (Lipinski definition) is 6. The maximum absolute atomic E-state index is 14.5. The van der Waals surface area contributed by atoms with E-state index in [9.17, 15) is 27.6 Å². The van der Waals surface area contributed by atoms with Crippen molar-refractivity contribution in [2.75, 3.05) is 26.4 Å². The largest absolute Gasteiger partial charge is 0.491 e. The SMILES string of the molecule is CCCCCCOc1c(F)cc(B(O)O)c(F)c1OCCCCCC.CCCCCCOc1c(F)ccc(F)c1OCCCCCC. The van der Waals surface area contributed by atoms with Crippen LogP contribution in [0.25, 0.3) is 0 Å². The van der Waals surface area contributed by atoms with Crippen LogP contribution in [0.15, 0.2) is 18.2 Å². The fourth-order valence-electron chi connectivity index (χ4n) is 4.65. The maximum Gasteiger partial charge on any atom is 0.491 e. The zero-order valence-electron chi connectivity index (χ0n) is 29.0. The number of rotatable bonds is 25. The molecule has 268 valence electrons. The molecule has 0 unspecified atom stereocenters. The fraction of sp³-hybridized carbons (Fsp3) is 0.667. The molecule has 0 aliphatic rings. The molecule has 0 aliphatic heterocycles. The van der Waals surface area contributed by atoms with Crippen LogP contribution in [-0.4, -0.2) is 43.6 Å². The maximum atomic E-state index is 14.5. The van der Waals surface area contributed by atoms with Gasteiger partial charge in [0, 0.05) is 5.46 Å². The first-order valence-electron chi connectivity index (χ1n) is 17.6. The van der Waals surface area contributed by atoms with Crippen LogP contribution in [-0.2, 0) is 0 Å². The number of hydrogen-bond donors (Lipinski definition) is 2. The van der Waals surface area contributed by atoms with Crippen molar-refractivity contribution in [2.24, 2.45) is 0 Å². The van der Waals surface area contributed by atoms with E-state index in [2.05, 4.69) is 27.7 Å². The second kappa shape index (κ2) is 26.3. The number of benzene rings is 2. The van der Waals surface area contributed by atoms with Gasteiger partial charge in [-0.05, 0) is 43.9 Å². The summed E-state index contributed by atoms with van der Waals surface area (Å²) in [6.07, 6.45) is 15.7. The number of halogens is 4. The summed E-state index contributed by atoms with van der Waals surface area (Å²) in [5.41, 5.74) is -0.556. The highest BCUT2D eigenvalue weighted by Crippen LogP contribution is 2.34. The monoisotopic (exact) mass is 672 g/mol. The standard InChI is InChI=1S/C18H29BF2O4.C18H28F2O2/c1-3-5-7-9-11-24-17-15(20)13-14(19(22)23)16(21)18(17)25-12-10-8-6-4-2;1-3-5-7-9-13-21-17-15(19)11-12-16(20)18(17)22-14-10-8-6-4-2/h13,22-23H,3-12H2,1-2H3;11-12H,3-10,13-14H2,1-2H3. The molecule has 2 rings (SSSR count). The molecular weight excluding hydrogens is 615 g/mol. The Morgan fingerprint density at radius 3 is 1.11 bits per heavy atom. The minimum absolute atomic E-state index is 0.0908. The van der Waals surface area contributed by atoms with Crippen molar-refractivity contribution in [2.45, 2.75) is 130 Å². The summed E-state index contributed by atoms with van der Waals surface area (Å²) in [5.74, 6) is -3.84. The Labute approximate surface area is 280 Å². The summed E-state index contributed by atoms with van der Waals surface area (Å²) < 4.78 is 78.1. The average molecular weight is 673 g/mol. The molecule has 0 saturated carbocycles. The first kappa shape index (κ1) is 42.4. The molecule has 0 atom stereocenters. The summed E-state index contributed by atoms with van der Waals surface area (Å²) in [6, 6.07) is 2.91. The van der Waals surface area contributed by atoms with E-state index in [1.54, 1.807) is 0 Å². The van der Waals surface area contributed by atoms with Gasteiger partial charge < -0.3 is 29.0 Å². The first-order chi connectivity index (χ1) is 22.7. The van der Waals surface area contributed by atoms with E-state index < -0.39 is 35.9 Å². The highest BCUT2D eigenvalue weighted by molar-refractivity contribution is 6.58. The lowest BCUT2D eigenvalue weighted by Crippen LogP contribution is -2.34. The van der Waals surface area contributed by atoms with E-state index in [4.69, 9.17) is 18.9 Å². The molecule has 47 heavy (non-hydrogen) atoms. The van der Waals surface area contributed by atoms with Crippen LogP contribution in [0, 0.1) is 23.3 Å². The van der Waals surface area contributed by atoms with Crippen LogP contribution >= 0.6 is 0 Å². The van der Waals surface area contributed by atoms with Crippen LogP contribution in [0.4, 0.5) is 17.6 Å². The summed E-state index contributed by atoms with van der Waals surface area (Å²) in [7, 11) is -2.12. The van der Waals surface area contributed by atoms with E-state index in [0.717, 1.165) is 115 Å². The van der Waals surface area contributed by atoms with Crippen molar-refractivity contribution < 1.29 is 46.6 Å². The Morgan fingerprint density at radius 1 is 0.468 bits per heavy atom. The van der Waals surface area contributed by atoms with Gasteiger partial charge in [0.2, 0.25) is 0 Å². The van der Waals surface area contributed by atoms with Crippen molar-refractivity contribution in [1.29, 1.82) is 0 Å². The zero-order chi connectivity index (χ0) is 34.9. The summed E-state index contributed by atoms with van der Waals surface area (Å²) in [5, 5.41) is 18.4. The van der Waals surface area contributed by atoms with Gasteiger partial charge in [0.25, 0.3) is 0 Å². The van der Waals surface area contributed by atoms with Crippen LogP contribution in [0.1, 0.15) is 130 Å². The van der Waals surface area contributed by atoms with E-state index in [1.807, 2.05) is 0 Å². The Bertz CT molecular complexity index is 1070. The highest BCUT2D eigenvalue weighted by atomic mass is 19.1. The Morgan fingerprint density at radius 2 is 0.787 bits per heavy atom. The second-order valence-electron chi connectivity index (χ2n) is 11.6. The molecule has 0 radical (unpaired) electrons. The van der Waals surface area contributed by atoms with Crippen molar-refractivity contribution in [3.8, 4) is 23.0 Å². The van der Waals surface area contributed by atoms with Gasteiger partial charge in [0.15, 0.2) is 46.3 Å². The van der Waals surface area contributed by atoms with E-state index in [0.29, 0.717) is 19.6 Å². The molecule has 0 amide bonds. The predicted molar refractivity (Wildman–Crippen MR) is 181 cm³/mol. The van der Waals surface area contributed by atoms with E-state index in [1.165, 1.54) is 0 Å². The fourth-order valence-corrected chi connectivity index (χ4v) is 4.65. The molecule has 0 spiro atoms. The second-order valence-corrected chi connectivity index (χ2v) is 11.6.